The van der Waals surface area contributed by atoms with E-state index in [9.17, 15) is 4.79 Å². The number of carbonyl (C=O) groups excluding carboxylic acids is 1. The Bertz CT molecular complexity index is 831. The second-order valence-electron chi connectivity index (χ2n) is 6.05. The van der Waals surface area contributed by atoms with Crippen molar-refractivity contribution in [2.75, 3.05) is 13.6 Å². The minimum atomic E-state index is -0.0325. The second-order valence-corrected chi connectivity index (χ2v) is 6.05. The molecule has 0 aliphatic carbocycles. The summed E-state index contributed by atoms with van der Waals surface area (Å²) < 4.78 is 5.89. The van der Waals surface area contributed by atoms with Gasteiger partial charge >= 0.3 is 0 Å². The van der Waals surface area contributed by atoms with Gasteiger partial charge in [0.2, 0.25) is 5.91 Å². The van der Waals surface area contributed by atoms with Crippen molar-refractivity contribution in [3.63, 3.8) is 0 Å². The molecule has 0 radical (unpaired) electrons. The van der Waals surface area contributed by atoms with E-state index in [0.717, 1.165) is 23.2 Å². The van der Waals surface area contributed by atoms with Crippen molar-refractivity contribution >= 4 is 16.9 Å². The van der Waals surface area contributed by atoms with E-state index in [-0.39, 0.29) is 18.6 Å². The van der Waals surface area contributed by atoms with Gasteiger partial charge in [0.15, 0.2) is 0 Å². The summed E-state index contributed by atoms with van der Waals surface area (Å²) in [6.07, 6.45) is 0.832. The molecule has 6 nitrogen and oxygen atoms in total. The Morgan fingerprint density at radius 3 is 2.54 bits per heavy atom. The average Bonchev–Trinajstić information content (AvgIpc) is 3.16. The number of para-hydroxylation sites is 1. The van der Waals surface area contributed by atoms with Crippen LogP contribution in [0.2, 0.25) is 0 Å². The zero-order valence-electron chi connectivity index (χ0n) is 13.4. The van der Waals surface area contributed by atoms with Gasteiger partial charge in [0.1, 0.15) is 29.4 Å². The number of hydrogen-bond donors (Lipinski definition) is 0. The van der Waals surface area contributed by atoms with Crippen molar-refractivity contribution in [1.29, 1.82) is 0 Å². The molecular formula is C18H18N4O2. The Hall–Kier alpha value is -2.89. The lowest BCUT2D eigenvalue weighted by molar-refractivity contribution is -0.131. The van der Waals surface area contributed by atoms with Crippen LogP contribution in [0.4, 0.5) is 0 Å². The molecule has 1 aromatic heterocycles. The van der Waals surface area contributed by atoms with Crippen LogP contribution >= 0.6 is 0 Å². The Morgan fingerprint density at radius 1 is 1.17 bits per heavy atom. The van der Waals surface area contributed by atoms with Crippen LogP contribution in [0.15, 0.2) is 48.5 Å². The number of amides is 1. The van der Waals surface area contributed by atoms with Crippen LogP contribution in [0.1, 0.15) is 5.56 Å². The van der Waals surface area contributed by atoms with E-state index < -0.39 is 0 Å². The van der Waals surface area contributed by atoms with Gasteiger partial charge in [0, 0.05) is 13.5 Å². The topological polar surface area (TPSA) is 60.2 Å². The Morgan fingerprint density at radius 2 is 1.83 bits per heavy atom. The maximum Gasteiger partial charge on any atom is 0.246 e. The van der Waals surface area contributed by atoms with Crippen molar-refractivity contribution in [3.05, 3.63) is 54.1 Å². The molecule has 2 heterocycles. The second kappa shape index (κ2) is 5.96. The summed E-state index contributed by atoms with van der Waals surface area (Å²) >= 11 is 0. The highest BCUT2D eigenvalue weighted by Gasteiger charge is 2.25. The standard InChI is InChI=1S/C18H18N4O2/c1-21(11-14-10-13-6-2-5-9-17(13)24-14)18(23)12-22-19-15-7-3-4-8-16(15)20-22/h2-9,14H,10-12H2,1H3. The summed E-state index contributed by atoms with van der Waals surface area (Å²) in [5.41, 5.74) is 2.79. The molecule has 0 fully saturated rings. The molecule has 122 valence electrons. The molecule has 0 saturated heterocycles. The van der Waals surface area contributed by atoms with Crippen molar-refractivity contribution in [2.24, 2.45) is 0 Å². The molecule has 6 heteroatoms. The van der Waals surface area contributed by atoms with Gasteiger partial charge in [0.05, 0.1) is 6.54 Å². The van der Waals surface area contributed by atoms with E-state index in [0.29, 0.717) is 6.54 Å². The van der Waals surface area contributed by atoms with Crippen LogP contribution in [0.3, 0.4) is 0 Å². The highest BCUT2D eigenvalue weighted by atomic mass is 16.5. The summed E-state index contributed by atoms with van der Waals surface area (Å²) in [6, 6.07) is 15.6. The number of benzene rings is 2. The number of nitrogens with zero attached hydrogens (tertiary/aromatic N) is 4. The lowest BCUT2D eigenvalue weighted by Crippen LogP contribution is -2.38. The molecule has 1 amide bonds. The van der Waals surface area contributed by atoms with Gasteiger partial charge in [-0.15, -0.1) is 0 Å². The van der Waals surface area contributed by atoms with E-state index in [1.165, 1.54) is 10.4 Å². The first-order chi connectivity index (χ1) is 11.7. The lowest BCUT2D eigenvalue weighted by Gasteiger charge is -2.20. The highest BCUT2D eigenvalue weighted by molar-refractivity contribution is 5.77. The summed E-state index contributed by atoms with van der Waals surface area (Å²) in [5.74, 6) is 0.887. The third-order valence-electron chi connectivity index (χ3n) is 4.22. The number of rotatable bonds is 4. The SMILES string of the molecule is CN(CC1Cc2ccccc2O1)C(=O)Cn1nc2ccccc2n1. The van der Waals surface area contributed by atoms with Gasteiger partial charge in [0.25, 0.3) is 0 Å². The average molecular weight is 322 g/mol. The molecular weight excluding hydrogens is 304 g/mol. The zero-order chi connectivity index (χ0) is 16.5. The molecule has 4 rings (SSSR count). The zero-order valence-corrected chi connectivity index (χ0v) is 13.4. The third-order valence-corrected chi connectivity index (χ3v) is 4.22. The fraction of sp³-hybridized carbons (Fsp3) is 0.278. The van der Waals surface area contributed by atoms with Crippen LogP contribution in [0, 0.1) is 0 Å². The predicted octanol–water partition coefficient (Wildman–Crippen LogP) is 1.89. The third kappa shape index (κ3) is 2.82. The fourth-order valence-electron chi connectivity index (χ4n) is 2.98. The van der Waals surface area contributed by atoms with Crippen molar-refractivity contribution in [1.82, 2.24) is 19.9 Å². The quantitative estimate of drug-likeness (QED) is 0.736. The van der Waals surface area contributed by atoms with E-state index >= 15 is 0 Å². The molecule has 1 aliphatic rings. The van der Waals surface area contributed by atoms with Crippen molar-refractivity contribution in [3.8, 4) is 5.75 Å². The van der Waals surface area contributed by atoms with Crippen LogP contribution in [0.5, 0.6) is 5.75 Å². The molecule has 24 heavy (non-hydrogen) atoms. The molecule has 0 spiro atoms. The highest BCUT2D eigenvalue weighted by Crippen LogP contribution is 2.28. The van der Waals surface area contributed by atoms with E-state index in [1.807, 2.05) is 42.5 Å². The summed E-state index contributed by atoms with van der Waals surface area (Å²) in [6.45, 7) is 0.680. The van der Waals surface area contributed by atoms with E-state index in [4.69, 9.17) is 4.74 Å². The van der Waals surface area contributed by atoms with Crippen LogP contribution in [-0.4, -0.2) is 45.5 Å². The van der Waals surface area contributed by atoms with Gasteiger partial charge < -0.3 is 9.64 Å². The molecule has 0 N–H and O–H groups in total. The van der Waals surface area contributed by atoms with E-state index in [1.54, 1.807) is 11.9 Å². The van der Waals surface area contributed by atoms with Gasteiger partial charge in [-0.05, 0) is 23.8 Å². The first kappa shape index (κ1) is 14.7. The maximum atomic E-state index is 12.4. The monoisotopic (exact) mass is 322 g/mol. The normalized spacial score (nSPS) is 16.0. The minimum absolute atomic E-state index is 0.000929. The molecule has 0 bridgehead atoms. The van der Waals surface area contributed by atoms with E-state index in [2.05, 4.69) is 16.3 Å². The number of hydrogen-bond acceptors (Lipinski definition) is 4. The fourth-order valence-corrected chi connectivity index (χ4v) is 2.98. The first-order valence-electron chi connectivity index (χ1n) is 7.97. The van der Waals surface area contributed by atoms with Crippen molar-refractivity contribution in [2.45, 2.75) is 19.1 Å². The predicted molar refractivity (Wildman–Crippen MR) is 89.7 cm³/mol. The van der Waals surface area contributed by atoms with Crippen LogP contribution in [-0.2, 0) is 17.8 Å². The molecule has 1 unspecified atom stereocenters. The Kier molecular flexibility index (Phi) is 3.65. The molecule has 0 saturated carbocycles. The largest absolute Gasteiger partial charge is 0.488 e. The molecule has 2 aromatic carbocycles. The summed E-state index contributed by atoms with van der Waals surface area (Å²) in [5, 5.41) is 8.65. The van der Waals surface area contributed by atoms with Gasteiger partial charge in [-0.25, -0.2) is 0 Å². The Labute approximate surface area is 139 Å². The number of ether oxygens (including phenoxy) is 1. The van der Waals surface area contributed by atoms with Gasteiger partial charge in [-0.1, -0.05) is 30.3 Å². The smallest absolute Gasteiger partial charge is 0.246 e. The number of aromatic nitrogens is 3. The maximum absolute atomic E-state index is 12.4. The summed E-state index contributed by atoms with van der Waals surface area (Å²) in [7, 11) is 1.79. The Balaban J connectivity index is 1.38. The molecule has 1 aliphatic heterocycles. The lowest BCUT2D eigenvalue weighted by atomic mass is 10.1. The molecule has 3 aromatic rings. The number of likely N-dealkylation sites (N-methyl/N-ethyl adjacent to an activating group) is 1. The molecule has 1 atom stereocenters. The first-order valence-corrected chi connectivity index (χ1v) is 7.97. The number of fused-ring (bicyclic) bond motifs is 2. The van der Waals surface area contributed by atoms with Crippen LogP contribution < -0.4 is 4.74 Å². The van der Waals surface area contributed by atoms with Crippen molar-refractivity contribution < 1.29 is 9.53 Å². The van der Waals surface area contributed by atoms with Gasteiger partial charge in [-0.2, -0.15) is 15.0 Å². The number of carbonyl (C=O) groups is 1. The summed E-state index contributed by atoms with van der Waals surface area (Å²) in [4.78, 5) is 15.6. The van der Waals surface area contributed by atoms with Crippen LogP contribution in [0.25, 0.3) is 11.0 Å². The minimum Gasteiger partial charge on any atom is -0.488 e. The van der Waals surface area contributed by atoms with Gasteiger partial charge in [-0.3, -0.25) is 4.79 Å².